The van der Waals surface area contributed by atoms with Gasteiger partial charge in [-0.25, -0.2) is 4.79 Å². The van der Waals surface area contributed by atoms with Crippen LogP contribution in [0.5, 0.6) is 11.5 Å². The number of esters is 2. The number of ether oxygens (including phenoxy) is 4. The fourth-order valence-corrected chi connectivity index (χ4v) is 3.99. The summed E-state index contributed by atoms with van der Waals surface area (Å²) in [4.78, 5) is 23.2. The first kappa shape index (κ1) is 26.8. The monoisotopic (exact) mass is 490 g/mol. The van der Waals surface area contributed by atoms with E-state index in [-0.39, 0.29) is 25.6 Å². The average Bonchev–Trinajstić information content (AvgIpc) is 2.88. The summed E-state index contributed by atoms with van der Waals surface area (Å²) in [5.41, 5.74) is 4.05. The standard InChI is InChI=1S/C30H34O6/c1-5-33-28(31)19-20-35-26-15-11-24(12-16-26)30(4,23-9-7-22(3)8-10-23)25-13-17-27(18-14-25)36-21-29(32)34-6-2/h7-18H,5-6,19-21H2,1-4H3/t30-/m0/s1. The van der Waals surface area contributed by atoms with Crippen molar-refractivity contribution in [1.82, 2.24) is 0 Å². The van der Waals surface area contributed by atoms with Crippen LogP contribution in [-0.4, -0.2) is 38.4 Å². The average molecular weight is 491 g/mol. The van der Waals surface area contributed by atoms with Crippen LogP contribution in [0.3, 0.4) is 0 Å². The fourth-order valence-electron chi connectivity index (χ4n) is 3.99. The molecule has 0 aliphatic rings. The predicted octanol–water partition coefficient (Wildman–Crippen LogP) is 5.62. The summed E-state index contributed by atoms with van der Waals surface area (Å²) in [7, 11) is 0. The van der Waals surface area contributed by atoms with Crippen molar-refractivity contribution in [3.63, 3.8) is 0 Å². The summed E-state index contributed by atoms with van der Waals surface area (Å²) in [6.45, 7) is 8.63. The first-order chi connectivity index (χ1) is 17.4. The molecule has 3 rings (SSSR count). The van der Waals surface area contributed by atoms with E-state index in [0.29, 0.717) is 24.7 Å². The van der Waals surface area contributed by atoms with Gasteiger partial charge in [-0.2, -0.15) is 0 Å². The van der Waals surface area contributed by atoms with Crippen molar-refractivity contribution in [2.24, 2.45) is 0 Å². The van der Waals surface area contributed by atoms with Crippen LogP contribution in [0.15, 0.2) is 72.8 Å². The van der Waals surface area contributed by atoms with Gasteiger partial charge in [-0.1, -0.05) is 54.1 Å². The molecule has 190 valence electrons. The third-order valence-corrected chi connectivity index (χ3v) is 6.03. The molecule has 0 radical (unpaired) electrons. The highest BCUT2D eigenvalue weighted by molar-refractivity contribution is 5.71. The topological polar surface area (TPSA) is 71.1 Å². The second kappa shape index (κ2) is 12.8. The minimum atomic E-state index is -0.448. The number of benzene rings is 3. The van der Waals surface area contributed by atoms with E-state index in [9.17, 15) is 9.59 Å². The van der Waals surface area contributed by atoms with Crippen molar-refractivity contribution in [2.45, 2.75) is 39.5 Å². The molecule has 0 amide bonds. The molecule has 6 heteroatoms. The summed E-state index contributed by atoms with van der Waals surface area (Å²) in [6.07, 6.45) is 0.210. The Balaban J connectivity index is 1.83. The number of hydrogen-bond acceptors (Lipinski definition) is 6. The van der Waals surface area contributed by atoms with Crippen molar-refractivity contribution >= 4 is 11.9 Å². The third-order valence-electron chi connectivity index (χ3n) is 6.03. The van der Waals surface area contributed by atoms with Gasteiger partial charge < -0.3 is 18.9 Å². The number of hydrogen-bond donors (Lipinski definition) is 0. The zero-order valence-electron chi connectivity index (χ0n) is 21.4. The maximum atomic E-state index is 11.6. The highest BCUT2D eigenvalue weighted by Crippen LogP contribution is 2.40. The summed E-state index contributed by atoms with van der Waals surface area (Å²) < 4.78 is 21.2. The van der Waals surface area contributed by atoms with Gasteiger partial charge >= 0.3 is 11.9 Å². The molecule has 6 nitrogen and oxygen atoms in total. The Bertz CT molecular complexity index is 1120. The highest BCUT2D eigenvalue weighted by atomic mass is 16.6. The molecular weight excluding hydrogens is 456 g/mol. The number of aryl methyl sites for hydroxylation is 1. The number of rotatable bonds is 12. The lowest BCUT2D eigenvalue weighted by Gasteiger charge is -2.32. The summed E-state index contributed by atoms with van der Waals surface area (Å²) in [5.74, 6) is 0.631. The van der Waals surface area contributed by atoms with E-state index in [2.05, 4.69) is 38.1 Å². The van der Waals surface area contributed by atoms with Crippen LogP contribution in [0.1, 0.15) is 49.4 Å². The van der Waals surface area contributed by atoms with E-state index in [1.165, 1.54) is 5.56 Å². The van der Waals surface area contributed by atoms with E-state index in [1.54, 1.807) is 13.8 Å². The van der Waals surface area contributed by atoms with Crippen molar-refractivity contribution < 1.29 is 28.5 Å². The lowest BCUT2D eigenvalue weighted by molar-refractivity contribution is -0.145. The van der Waals surface area contributed by atoms with Gasteiger partial charge in [0.15, 0.2) is 6.61 Å². The minimum absolute atomic E-state index is 0.125. The molecule has 0 unspecified atom stereocenters. The minimum Gasteiger partial charge on any atom is -0.493 e. The molecule has 3 aromatic carbocycles. The van der Waals surface area contributed by atoms with Crippen LogP contribution in [-0.2, 0) is 24.5 Å². The van der Waals surface area contributed by atoms with Crippen LogP contribution in [0.2, 0.25) is 0 Å². The van der Waals surface area contributed by atoms with Gasteiger partial charge in [-0.3, -0.25) is 4.79 Å². The van der Waals surface area contributed by atoms with E-state index in [0.717, 1.165) is 16.7 Å². The molecule has 0 saturated carbocycles. The van der Waals surface area contributed by atoms with Crippen LogP contribution in [0.4, 0.5) is 0 Å². The van der Waals surface area contributed by atoms with Crippen molar-refractivity contribution in [3.8, 4) is 11.5 Å². The molecule has 0 N–H and O–H groups in total. The highest BCUT2D eigenvalue weighted by Gasteiger charge is 2.31. The smallest absolute Gasteiger partial charge is 0.344 e. The Morgan fingerprint density at radius 2 is 1.11 bits per heavy atom. The van der Waals surface area contributed by atoms with Gasteiger partial charge in [0.05, 0.1) is 26.2 Å². The molecule has 0 aliphatic heterocycles. The van der Waals surface area contributed by atoms with E-state index in [1.807, 2.05) is 48.5 Å². The SMILES string of the molecule is CCOC(=O)CCOc1ccc([C@](C)(c2ccc(C)cc2)c2ccc(OCC(=O)OCC)cc2)cc1. The van der Waals surface area contributed by atoms with Crippen LogP contribution in [0.25, 0.3) is 0 Å². The second-order valence-corrected chi connectivity index (χ2v) is 8.54. The van der Waals surface area contributed by atoms with Gasteiger partial charge in [0.2, 0.25) is 0 Å². The lowest BCUT2D eigenvalue weighted by atomic mass is 9.71. The molecule has 36 heavy (non-hydrogen) atoms. The molecule has 0 saturated heterocycles. The van der Waals surface area contributed by atoms with E-state index >= 15 is 0 Å². The van der Waals surface area contributed by atoms with Gasteiger partial charge in [-0.15, -0.1) is 0 Å². The molecule has 1 atom stereocenters. The first-order valence-corrected chi connectivity index (χ1v) is 12.2. The molecule has 0 aromatic heterocycles. The molecular formula is C30H34O6. The zero-order valence-corrected chi connectivity index (χ0v) is 21.4. The van der Waals surface area contributed by atoms with Gasteiger partial charge in [-0.05, 0) is 68.7 Å². The molecule has 0 heterocycles. The first-order valence-electron chi connectivity index (χ1n) is 12.2. The quantitative estimate of drug-likeness (QED) is 0.242. The maximum Gasteiger partial charge on any atom is 0.344 e. The Kier molecular flexibility index (Phi) is 9.51. The Morgan fingerprint density at radius 3 is 1.61 bits per heavy atom. The summed E-state index contributed by atoms with van der Waals surface area (Å²) in [5, 5.41) is 0. The van der Waals surface area contributed by atoms with Crippen LogP contribution >= 0.6 is 0 Å². The van der Waals surface area contributed by atoms with Gasteiger partial charge in [0.25, 0.3) is 0 Å². The van der Waals surface area contributed by atoms with Crippen molar-refractivity contribution in [1.29, 1.82) is 0 Å². The summed E-state index contributed by atoms with van der Waals surface area (Å²) >= 11 is 0. The Labute approximate surface area is 213 Å². The molecule has 0 aliphatic carbocycles. The fraction of sp³-hybridized carbons (Fsp3) is 0.333. The second-order valence-electron chi connectivity index (χ2n) is 8.54. The summed E-state index contributed by atoms with van der Waals surface area (Å²) in [6, 6.07) is 24.2. The largest absolute Gasteiger partial charge is 0.493 e. The molecule has 0 bridgehead atoms. The number of carbonyl (C=O) groups excluding carboxylic acids is 2. The van der Waals surface area contributed by atoms with Crippen molar-refractivity contribution in [2.75, 3.05) is 26.4 Å². The maximum absolute atomic E-state index is 11.6. The van der Waals surface area contributed by atoms with E-state index < -0.39 is 11.4 Å². The molecule has 0 spiro atoms. The molecule has 3 aromatic rings. The zero-order chi connectivity index (χ0) is 26.0. The van der Waals surface area contributed by atoms with Gasteiger partial charge in [0.1, 0.15) is 11.5 Å². The number of carbonyl (C=O) groups is 2. The third kappa shape index (κ3) is 6.87. The Morgan fingerprint density at radius 1 is 0.667 bits per heavy atom. The molecule has 0 fully saturated rings. The predicted molar refractivity (Wildman–Crippen MR) is 138 cm³/mol. The van der Waals surface area contributed by atoms with Crippen LogP contribution in [0, 0.1) is 6.92 Å². The van der Waals surface area contributed by atoms with Crippen molar-refractivity contribution in [3.05, 3.63) is 95.1 Å². The van der Waals surface area contributed by atoms with E-state index in [4.69, 9.17) is 18.9 Å². The van der Waals surface area contributed by atoms with Gasteiger partial charge in [0, 0.05) is 5.41 Å². The van der Waals surface area contributed by atoms with Crippen LogP contribution < -0.4 is 9.47 Å². The lowest BCUT2D eigenvalue weighted by Crippen LogP contribution is -2.25. The normalized spacial score (nSPS) is 12.3. The Hall–Kier alpha value is -3.80.